The van der Waals surface area contributed by atoms with Crippen LogP contribution in [-0.2, 0) is 4.74 Å². The van der Waals surface area contributed by atoms with Crippen molar-refractivity contribution in [3.05, 3.63) is 29.8 Å². The Morgan fingerprint density at radius 3 is 2.72 bits per heavy atom. The Bertz CT molecular complexity index is 339. The minimum Gasteiger partial charge on any atom is -0.508 e. The molecule has 0 saturated heterocycles. The van der Waals surface area contributed by atoms with Gasteiger partial charge in [-0.25, -0.2) is 0 Å². The van der Waals surface area contributed by atoms with Gasteiger partial charge >= 0.3 is 0 Å². The third kappa shape index (κ3) is 6.03. The Hall–Kier alpha value is -1.06. The number of nitrogens with one attached hydrogen (secondary N) is 1. The number of phenolic OH excluding ortho intramolecular Hbond substituents is 1. The zero-order valence-corrected chi connectivity index (χ0v) is 11.6. The van der Waals surface area contributed by atoms with Crippen LogP contribution in [0.15, 0.2) is 24.3 Å². The van der Waals surface area contributed by atoms with E-state index in [1.807, 2.05) is 12.1 Å². The summed E-state index contributed by atoms with van der Waals surface area (Å²) in [6.07, 6.45) is 1.01. The molecule has 0 heterocycles. The molecule has 3 nitrogen and oxygen atoms in total. The maximum atomic E-state index is 9.41. The highest BCUT2D eigenvalue weighted by Gasteiger charge is 2.04. The van der Waals surface area contributed by atoms with Gasteiger partial charge in [0.1, 0.15) is 5.75 Å². The third-order valence-corrected chi connectivity index (χ3v) is 2.74. The molecule has 0 aromatic heterocycles. The van der Waals surface area contributed by atoms with Gasteiger partial charge in [-0.05, 0) is 43.5 Å². The fraction of sp³-hybridized carbons (Fsp3) is 0.600. The van der Waals surface area contributed by atoms with Crippen molar-refractivity contribution in [2.24, 2.45) is 5.92 Å². The van der Waals surface area contributed by atoms with Gasteiger partial charge in [0.15, 0.2) is 0 Å². The Balaban J connectivity index is 2.15. The second-order valence-corrected chi connectivity index (χ2v) is 5.09. The normalized spacial score (nSPS) is 12.9. The van der Waals surface area contributed by atoms with Gasteiger partial charge in [-0.15, -0.1) is 0 Å². The number of phenols is 1. The predicted octanol–water partition coefficient (Wildman–Crippen LogP) is 3.11. The Morgan fingerprint density at radius 2 is 2.06 bits per heavy atom. The van der Waals surface area contributed by atoms with Crippen LogP contribution in [0.4, 0.5) is 0 Å². The second-order valence-electron chi connectivity index (χ2n) is 5.09. The lowest BCUT2D eigenvalue weighted by atomic mass is 10.1. The molecule has 1 atom stereocenters. The molecule has 18 heavy (non-hydrogen) atoms. The molecule has 0 aliphatic rings. The number of hydrogen-bond donors (Lipinski definition) is 2. The molecule has 3 heteroatoms. The van der Waals surface area contributed by atoms with E-state index in [-0.39, 0.29) is 6.04 Å². The van der Waals surface area contributed by atoms with Crippen LogP contribution in [-0.4, -0.2) is 24.9 Å². The highest BCUT2D eigenvalue weighted by molar-refractivity contribution is 5.28. The van der Waals surface area contributed by atoms with Crippen LogP contribution in [0.3, 0.4) is 0 Å². The molecular weight excluding hydrogens is 226 g/mol. The first-order chi connectivity index (χ1) is 8.59. The molecule has 0 spiro atoms. The maximum absolute atomic E-state index is 9.41. The van der Waals surface area contributed by atoms with Gasteiger partial charge in [0.2, 0.25) is 0 Å². The largest absolute Gasteiger partial charge is 0.508 e. The number of aromatic hydroxyl groups is 1. The molecule has 0 radical (unpaired) electrons. The molecule has 2 N–H and O–H groups in total. The molecule has 0 aliphatic carbocycles. The van der Waals surface area contributed by atoms with Crippen molar-refractivity contribution in [1.82, 2.24) is 5.32 Å². The zero-order chi connectivity index (χ0) is 13.4. The highest BCUT2D eigenvalue weighted by atomic mass is 16.5. The number of hydrogen-bond acceptors (Lipinski definition) is 3. The van der Waals surface area contributed by atoms with Crippen molar-refractivity contribution in [3.8, 4) is 5.75 Å². The number of benzene rings is 1. The van der Waals surface area contributed by atoms with Crippen LogP contribution < -0.4 is 5.32 Å². The van der Waals surface area contributed by atoms with Gasteiger partial charge in [0.25, 0.3) is 0 Å². The van der Waals surface area contributed by atoms with Crippen LogP contribution in [0.1, 0.15) is 38.8 Å². The molecule has 1 rings (SSSR count). The summed E-state index contributed by atoms with van der Waals surface area (Å²) >= 11 is 0. The average Bonchev–Trinajstić information content (AvgIpc) is 2.33. The van der Waals surface area contributed by atoms with E-state index < -0.39 is 0 Å². The zero-order valence-electron chi connectivity index (χ0n) is 11.6. The van der Waals surface area contributed by atoms with Crippen LogP contribution in [0, 0.1) is 5.92 Å². The minimum absolute atomic E-state index is 0.252. The summed E-state index contributed by atoms with van der Waals surface area (Å²) in [6.45, 7) is 8.98. The quantitative estimate of drug-likeness (QED) is 0.698. The van der Waals surface area contributed by atoms with Crippen LogP contribution in [0.2, 0.25) is 0 Å². The Labute approximate surface area is 110 Å². The third-order valence-electron chi connectivity index (χ3n) is 2.74. The summed E-state index contributed by atoms with van der Waals surface area (Å²) in [4.78, 5) is 0. The van der Waals surface area contributed by atoms with Gasteiger partial charge in [-0.2, -0.15) is 0 Å². The SMILES string of the molecule is CC(C)COCCCNC(C)c1cccc(O)c1. The van der Waals surface area contributed by atoms with Gasteiger partial charge in [0.05, 0.1) is 0 Å². The molecule has 0 fully saturated rings. The van der Waals surface area contributed by atoms with E-state index in [9.17, 15) is 5.11 Å². The van der Waals surface area contributed by atoms with E-state index in [0.717, 1.165) is 31.7 Å². The van der Waals surface area contributed by atoms with Crippen molar-refractivity contribution in [1.29, 1.82) is 0 Å². The van der Waals surface area contributed by atoms with E-state index in [2.05, 4.69) is 26.1 Å². The number of ether oxygens (including phenoxy) is 1. The van der Waals surface area contributed by atoms with E-state index in [4.69, 9.17) is 4.74 Å². The Morgan fingerprint density at radius 1 is 1.28 bits per heavy atom. The lowest BCUT2D eigenvalue weighted by molar-refractivity contribution is 0.107. The van der Waals surface area contributed by atoms with E-state index in [1.165, 1.54) is 0 Å². The molecule has 0 saturated carbocycles. The summed E-state index contributed by atoms with van der Waals surface area (Å²) in [7, 11) is 0. The van der Waals surface area contributed by atoms with E-state index in [1.54, 1.807) is 12.1 Å². The highest BCUT2D eigenvalue weighted by Crippen LogP contribution is 2.17. The summed E-state index contributed by atoms with van der Waals surface area (Å²) in [5, 5.41) is 12.8. The lowest BCUT2D eigenvalue weighted by Gasteiger charge is -2.14. The van der Waals surface area contributed by atoms with Crippen LogP contribution >= 0.6 is 0 Å². The molecule has 0 amide bonds. The van der Waals surface area contributed by atoms with E-state index >= 15 is 0 Å². The first-order valence-electron chi connectivity index (χ1n) is 6.69. The van der Waals surface area contributed by atoms with Crippen molar-refractivity contribution in [2.75, 3.05) is 19.8 Å². The molecule has 1 unspecified atom stereocenters. The second kappa shape index (κ2) is 8.11. The topological polar surface area (TPSA) is 41.5 Å². The van der Waals surface area contributed by atoms with E-state index in [0.29, 0.717) is 11.7 Å². The molecule has 1 aromatic carbocycles. The Kier molecular flexibility index (Phi) is 6.76. The van der Waals surface area contributed by atoms with Gasteiger partial charge in [0, 0.05) is 19.3 Å². The molecule has 0 aliphatic heterocycles. The van der Waals surface area contributed by atoms with Gasteiger partial charge < -0.3 is 15.2 Å². The first kappa shape index (κ1) is 15.0. The monoisotopic (exact) mass is 251 g/mol. The van der Waals surface area contributed by atoms with Crippen molar-refractivity contribution < 1.29 is 9.84 Å². The van der Waals surface area contributed by atoms with Crippen LogP contribution in [0.25, 0.3) is 0 Å². The fourth-order valence-electron chi connectivity index (χ4n) is 1.72. The predicted molar refractivity (Wildman–Crippen MR) is 74.8 cm³/mol. The van der Waals surface area contributed by atoms with Gasteiger partial charge in [-0.3, -0.25) is 0 Å². The standard InChI is InChI=1S/C15H25NO2/c1-12(2)11-18-9-5-8-16-13(3)14-6-4-7-15(17)10-14/h4,6-7,10,12-13,16-17H,5,8-9,11H2,1-3H3. The smallest absolute Gasteiger partial charge is 0.115 e. The summed E-state index contributed by atoms with van der Waals surface area (Å²) in [6, 6.07) is 7.63. The van der Waals surface area contributed by atoms with Crippen molar-refractivity contribution in [2.45, 2.75) is 33.2 Å². The molecular formula is C15H25NO2. The maximum Gasteiger partial charge on any atom is 0.115 e. The fourth-order valence-corrected chi connectivity index (χ4v) is 1.72. The summed E-state index contributed by atoms with van der Waals surface area (Å²) < 4.78 is 5.52. The minimum atomic E-state index is 0.252. The number of rotatable bonds is 8. The van der Waals surface area contributed by atoms with Gasteiger partial charge in [-0.1, -0.05) is 26.0 Å². The van der Waals surface area contributed by atoms with Crippen molar-refractivity contribution >= 4 is 0 Å². The first-order valence-corrected chi connectivity index (χ1v) is 6.69. The average molecular weight is 251 g/mol. The molecule has 1 aromatic rings. The van der Waals surface area contributed by atoms with Crippen LogP contribution in [0.5, 0.6) is 5.75 Å². The van der Waals surface area contributed by atoms with Crippen molar-refractivity contribution in [3.63, 3.8) is 0 Å². The molecule has 0 bridgehead atoms. The lowest BCUT2D eigenvalue weighted by Crippen LogP contribution is -2.21. The summed E-state index contributed by atoms with van der Waals surface area (Å²) in [5.41, 5.74) is 1.11. The molecule has 102 valence electrons. The summed E-state index contributed by atoms with van der Waals surface area (Å²) in [5.74, 6) is 0.922.